The highest BCUT2D eigenvalue weighted by molar-refractivity contribution is 5.95. The molecule has 0 bridgehead atoms. The van der Waals surface area contributed by atoms with Crippen molar-refractivity contribution in [1.82, 2.24) is 20.8 Å². The fourth-order valence-corrected chi connectivity index (χ4v) is 2.35. The molecular formula is C17H16F4N4O3. The van der Waals surface area contributed by atoms with Crippen molar-refractivity contribution in [2.45, 2.75) is 32.4 Å². The molecule has 150 valence electrons. The number of carbonyl (C=O) groups is 2. The van der Waals surface area contributed by atoms with Crippen molar-refractivity contribution in [2.24, 2.45) is 0 Å². The lowest BCUT2D eigenvalue weighted by atomic mass is 9.83. The molecule has 0 saturated heterocycles. The van der Waals surface area contributed by atoms with Gasteiger partial charge in [0.1, 0.15) is 17.3 Å². The highest BCUT2D eigenvalue weighted by Crippen LogP contribution is 2.33. The van der Waals surface area contributed by atoms with Gasteiger partial charge in [-0.3, -0.25) is 25.2 Å². The summed E-state index contributed by atoms with van der Waals surface area (Å²) >= 11 is 0. The maximum absolute atomic E-state index is 14.2. The number of carbonyl (C=O) groups excluding carboxylic acids is 2. The Hall–Kier alpha value is -3.24. The van der Waals surface area contributed by atoms with E-state index in [0.29, 0.717) is 12.1 Å². The normalized spacial score (nSPS) is 11.8. The highest BCUT2D eigenvalue weighted by atomic mass is 19.4. The highest BCUT2D eigenvalue weighted by Gasteiger charge is 2.36. The first-order chi connectivity index (χ1) is 12.8. The minimum absolute atomic E-state index is 0.177. The predicted octanol–water partition coefficient (Wildman–Crippen LogP) is 1.98. The standard InChI is InChI=1S/C17H16F4N4O3/c1-8-22-12(7-13(26)23-8)14(27)24-25-15(28)16(2,3)10-5-4-9(6-11(10)18)17(19,20)21/h4-7H,1-3H3,(H,24,27)(H,25,28)(H,22,23,26). The van der Waals surface area contributed by atoms with Gasteiger partial charge in [-0.25, -0.2) is 9.37 Å². The molecule has 1 heterocycles. The van der Waals surface area contributed by atoms with Crippen LogP contribution in [0.5, 0.6) is 0 Å². The minimum Gasteiger partial charge on any atom is -0.311 e. The van der Waals surface area contributed by atoms with Crippen LogP contribution in [0.3, 0.4) is 0 Å². The Morgan fingerprint density at radius 2 is 1.75 bits per heavy atom. The second-order valence-electron chi connectivity index (χ2n) is 6.44. The van der Waals surface area contributed by atoms with Crippen LogP contribution in [0.15, 0.2) is 29.1 Å². The number of nitrogens with one attached hydrogen (secondary N) is 3. The largest absolute Gasteiger partial charge is 0.416 e. The average molecular weight is 400 g/mol. The summed E-state index contributed by atoms with van der Waals surface area (Å²) in [6, 6.07) is 2.73. The number of aromatic nitrogens is 2. The van der Waals surface area contributed by atoms with Crippen LogP contribution in [0.4, 0.5) is 17.6 Å². The number of nitrogens with zero attached hydrogens (tertiary/aromatic N) is 1. The second kappa shape index (κ2) is 7.41. The number of alkyl halides is 3. The van der Waals surface area contributed by atoms with Crippen LogP contribution in [-0.4, -0.2) is 21.8 Å². The van der Waals surface area contributed by atoms with Crippen molar-refractivity contribution in [3.05, 3.63) is 63.1 Å². The second-order valence-corrected chi connectivity index (χ2v) is 6.44. The van der Waals surface area contributed by atoms with Crippen LogP contribution in [0.2, 0.25) is 0 Å². The third kappa shape index (κ3) is 4.53. The number of aryl methyl sites for hydroxylation is 1. The van der Waals surface area contributed by atoms with Crippen LogP contribution in [0, 0.1) is 12.7 Å². The number of rotatable bonds is 3. The lowest BCUT2D eigenvalue weighted by molar-refractivity contribution is -0.137. The number of hydrazine groups is 1. The fraction of sp³-hybridized carbons (Fsp3) is 0.294. The van der Waals surface area contributed by atoms with E-state index in [1.54, 1.807) is 0 Å². The Bertz CT molecular complexity index is 983. The molecule has 0 radical (unpaired) electrons. The summed E-state index contributed by atoms with van der Waals surface area (Å²) in [6.45, 7) is 4.00. The molecule has 3 N–H and O–H groups in total. The minimum atomic E-state index is -4.72. The topological polar surface area (TPSA) is 104 Å². The van der Waals surface area contributed by atoms with Gasteiger partial charge in [-0.1, -0.05) is 6.07 Å². The molecule has 0 atom stereocenters. The predicted molar refractivity (Wildman–Crippen MR) is 89.6 cm³/mol. The number of H-pyrrole nitrogens is 1. The van der Waals surface area contributed by atoms with Gasteiger partial charge in [0.05, 0.1) is 11.0 Å². The number of halogens is 4. The third-order valence-electron chi connectivity index (χ3n) is 3.92. The Morgan fingerprint density at radius 1 is 1.11 bits per heavy atom. The Kier molecular flexibility index (Phi) is 5.57. The molecule has 0 fully saturated rings. The maximum Gasteiger partial charge on any atom is 0.416 e. The first-order valence-electron chi connectivity index (χ1n) is 7.88. The van der Waals surface area contributed by atoms with Gasteiger partial charge in [-0.2, -0.15) is 13.2 Å². The van der Waals surface area contributed by atoms with Crippen LogP contribution < -0.4 is 16.4 Å². The van der Waals surface area contributed by atoms with Gasteiger partial charge in [-0.15, -0.1) is 0 Å². The van der Waals surface area contributed by atoms with Crippen molar-refractivity contribution in [1.29, 1.82) is 0 Å². The van der Waals surface area contributed by atoms with Crippen molar-refractivity contribution in [3.8, 4) is 0 Å². The molecule has 28 heavy (non-hydrogen) atoms. The molecule has 0 aliphatic heterocycles. The molecule has 0 spiro atoms. The van der Waals surface area contributed by atoms with E-state index in [-0.39, 0.29) is 17.1 Å². The number of hydrogen-bond acceptors (Lipinski definition) is 4. The molecule has 7 nitrogen and oxygen atoms in total. The monoisotopic (exact) mass is 400 g/mol. The van der Waals surface area contributed by atoms with Crippen molar-refractivity contribution in [2.75, 3.05) is 0 Å². The smallest absolute Gasteiger partial charge is 0.311 e. The molecule has 0 saturated carbocycles. The van der Waals surface area contributed by atoms with Gasteiger partial charge in [0, 0.05) is 11.6 Å². The van der Waals surface area contributed by atoms with Crippen molar-refractivity contribution < 1.29 is 27.2 Å². The van der Waals surface area contributed by atoms with E-state index in [1.807, 2.05) is 5.43 Å². The summed E-state index contributed by atoms with van der Waals surface area (Å²) in [4.78, 5) is 41.8. The maximum atomic E-state index is 14.2. The third-order valence-corrected chi connectivity index (χ3v) is 3.92. The number of hydrogen-bond donors (Lipinski definition) is 3. The molecule has 2 rings (SSSR count). The van der Waals surface area contributed by atoms with E-state index in [2.05, 4.69) is 15.4 Å². The summed E-state index contributed by atoms with van der Waals surface area (Å²) in [7, 11) is 0. The molecule has 1 aromatic carbocycles. The van der Waals surface area contributed by atoms with E-state index >= 15 is 0 Å². The van der Waals surface area contributed by atoms with E-state index < -0.39 is 40.3 Å². The molecule has 0 aliphatic carbocycles. The van der Waals surface area contributed by atoms with Crippen LogP contribution in [0.25, 0.3) is 0 Å². The summed E-state index contributed by atoms with van der Waals surface area (Å²) in [5.74, 6) is -2.82. The zero-order valence-electron chi connectivity index (χ0n) is 15.0. The van der Waals surface area contributed by atoms with Gasteiger partial charge >= 0.3 is 6.18 Å². The molecule has 1 aromatic heterocycles. The summed E-state index contributed by atoms with van der Waals surface area (Å²) in [5, 5.41) is 0. The van der Waals surface area contributed by atoms with E-state index in [4.69, 9.17) is 0 Å². The zero-order valence-corrected chi connectivity index (χ0v) is 15.0. The lowest BCUT2D eigenvalue weighted by Gasteiger charge is -2.25. The van der Waals surface area contributed by atoms with Crippen LogP contribution in [-0.2, 0) is 16.4 Å². The SMILES string of the molecule is Cc1nc(C(=O)NNC(=O)C(C)(C)c2ccc(C(F)(F)F)cc2F)cc(=O)[nH]1. The van der Waals surface area contributed by atoms with Gasteiger partial charge in [0.2, 0.25) is 5.91 Å². The lowest BCUT2D eigenvalue weighted by Crippen LogP contribution is -2.49. The Labute approximate surface area is 156 Å². The Balaban J connectivity index is 2.16. The van der Waals surface area contributed by atoms with Gasteiger partial charge < -0.3 is 4.98 Å². The number of benzene rings is 1. The van der Waals surface area contributed by atoms with Crippen molar-refractivity contribution in [3.63, 3.8) is 0 Å². The fourth-order valence-electron chi connectivity index (χ4n) is 2.35. The molecule has 11 heteroatoms. The zero-order chi connectivity index (χ0) is 21.3. The summed E-state index contributed by atoms with van der Waals surface area (Å²) < 4.78 is 52.1. The summed E-state index contributed by atoms with van der Waals surface area (Å²) in [5.41, 5.74) is 0.150. The molecule has 0 aliphatic rings. The Morgan fingerprint density at radius 3 is 2.29 bits per heavy atom. The molecule has 2 aromatic rings. The first-order valence-corrected chi connectivity index (χ1v) is 7.88. The average Bonchev–Trinajstić information content (AvgIpc) is 2.57. The van der Waals surface area contributed by atoms with Gasteiger partial charge in [0.25, 0.3) is 11.5 Å². The van der Waals surface area contributed by atoms with Crippen LogP contribution >= 0.6 is 0 Å². The number of aromatic amines is 1. The molecular weight excluding hydrogens is 384 g/mol. The van der Waals surface area contributed by atoms with E-state index in [0.717, 1.165) is 12.1 Å². The first kappa shape index (κ1) is 21.1. The summed E-state index contributed by atoms with van der Waals surface area (Å²) in [6.07, 6.45) is -4.72. The van der Waals surface area contributed by atoms with E-state index in [9.17, 15) is 31.9 Å². The molecule has 0 unspecified atom stereocenters. The van der Waals surface area contributed by atoms with E-state index in [1.165, 1.54) is 20.8 Å². The quantitative estimate of drug-likeness (QED) is 0.541. The number of amides is 2. The van der Waals surface area contributed by atoms with Crippen molar-refractivity contribution >= 4 is 11.8 Å². The molecule has 2 amide bonds. The van der Waals surface area contributed by atoms with Gasteiger partial charge in [-0.05, 0) is 32.9 Å². The van der Waals surface area contributed by atoms with Gasteiger partial charge in [0.15, 0.2) is 0 Å². The van der Waals surface area contributed by atoms with Crippen LogP contribution in [0.1, 0.15) is 41.3 Å².